The average molecular weight is 522 g/mol. The average Bonchev–Trinajstić information content (AvgIpc) is 2.80. The van der Waals surface area contributed by atoms with Gasteiger partial charge >= 0.3 is 17.1 Å². The van der Waals surface area contributed by atoms with Crippen LogP contribution in [0.15, 0.2) is 0 Å². The molecule has 0 amide bonds. The van der Waals surface area contributed by atoms with Crippen LogP contribution in [0.3, 0.4) is 0 Å². The van der Waals surface area contributed by atoms with Gasteiger partial charge in [0.25, 0.3) is 0 Å². The van der Waals surface area contributed by atoms with Crippen molar-refractivity contribution in [3.63, 3.8) is 0 Å². The predicted octanol–water partition coefficient (Wildman–Crippen LogP) is 2.74. The molecule has 0 aromatic rings. The Balaban J connectivity index is 2.31. The van der Waals surface area contributed by atoms with E-state index in [-0.39, 0.29) is 9.52 Å². The highest BCUT2D eigenvalue weighted by atomic mass is 28.4. The van der Waals surface area contributed by atoms with Crippen LogP contribution in [-0.4, -0.2) is 116 Å². The van der Waals surface area contributed by atoms with Crippen molar-refractivity contribution in [2.45, 2.75) is 70.3 Å². The maximum atomic E-state index is 5.97. The zero-order valence-corrected chi connectivity index (χ0v) is 26.3. The van der Waals surface area contributed by atoms with E-state index in [9.17, 15) is 0 Å². The highest BCUT2D eigenvalue weighted by Gasteiger charge is 2.38. The Bertz CT molecular complexity index is 476. The summed E-state index contributed by atoms with van der Waals surface area (Å²) in [6, 6.07) is 1.06. The lowest BCUT2D eigenvalue weighted by molar-refractivity contribution is 0.152. The third-order valence-corrected chi connectivity index (χ3v) is 18.5. The Morgan fingerprint density at radius 2 is 1.55 bits per heavy atom. The molecule has 10 heteroatoms. The number of unbranched alkanes of at least 4 members (excludes halogenated alkanes) is 2. The van der Waals surface area contributed by atoms with E-state index in [1.165, 1.54) is 58.4 Å². The van der Waals surface area contributed by atoms with Crippen molar-refractivity contribution in [2.75, 3.05) is 79.9 Å². The molecule has 0 radical (unpaired) electrons. The zero-order valence-electron chi connectivity index (χ0n) is 22.9. The number of piperazine rings is 1. The number of hydrogen-bond donors (Lipinski definition) is 1. The fourth-order valence-electron chi connectivity index (χ4n) is 4.79. The minimum absolute atomic E-state index is 0.308. The van der Waals surface area contributed by atoms with Crippen LogP contribution in [0.1, 0.15) is 46.0 Å². The first-order valence-electron chi connectivity index (χ1n) is 13.3. The van der Waals surface area contributed by atoms with E-state index < -0.39 is 17.1 Å². The summed E-state index contributed by atoms with van der Waals surface area (Å²) in [5, 5.41) is 4.38. The number of nitrogens with one attached hydrogen (secondary N) is 1. The number of hydrogen-bond acceptors (Lipinski definition) is 7. The Morgan fingerprint density at radius 1 is 0.909 bits per heavy atom. The van der Waals surface area contributed by atoms with Gasteiger partial charge in [0.2, 0.25) is 0 Å². The van der Waals surface area contributed by atoms with E-state index in [2.05, 4.69) is 49.1 Å². The molecule has 1 fully saturated rings. The standard InChI is InChI=1S/C23H55N3O4Si3/c1-8-29-32(6,30-9-2)21-13-15-24-22-31-23(33(7,27-4)28-5)14-11-10-12-16-26-19-17-25(3)18-20-26/h23-24H,8-22,31H2,1-7H3. The molecule has 1 N–H and O–H groups in total. The summed E-state index contributed by atoms with van der Waals surface area (Å²) >= 11 is 0. The minimum Gasteiger partial charge on any atom is -0.398 e. The van der Waals surface area contributed by atoms with E-state index in [0.29, 0.717) is 5.16 Å². The monoisotopic (exact) mass is 521 g/mol. The molecule has 33 heavy (non-hydrogen) atoms. The van der Waals surface area contributed by atoms with Gasteiger partial charge in [-0.2, -0.15) is 0 Å². The van der Waals surface area contributed by atoms with Gasteiger partial charge in [0.05, 0.1) is 0 Å². The van der Waals surface area contributed by atoms with Crippen molar-refractivity contribution >= 4 is 26.6 Å². The van der Waals surface area contributed by atoms with E-state index in [4.69, 9.17) is 17.7 Å². The molecule has 1 aliphatic rings. The summed E-state index contributed by atoms with van der Waals surface area (Å²) in [5.74, 6) is 0. The Morgan fingerprint density at radius 3 is 2.12 bits per heavy atom. The summed E-state index contributed by atoms with van der Waals surface area (Å²) in [4.78, 5) is 5.06. The van der Waals surface area contributed by atoms with Gasteiger partial charge in [-0.05, 0) is 77.3 Å². The molecule has 0 aromatic carbocycles. The second-order valence-corrected chi connectivity index (χ2v) is 19.6. The third-order valence-electron chi connectivity index (χ3n) is 7.23. The maximum absolute atomic E-state index is 5.97. The summed E-state index contributed by atoms with van der Waals surface area (Å²) in [6.45, 7) is 17.3. The molecule has 198 valence electrons. The molecule has 1 atom stereocenters. The quantitative estimate of drug-likeness (QED) is 0.195. The molecule has 1 heterocycles. The lowest BCUT2D eigenvalue weighted by Crippen LogP contribution is -2.46. The molecule has 0 aromatic heterocycles. The van der Waals surface area contributed by atoms with Gasteiger partial charge in [-0.1, -0.05) is 19.3 Å². The Kier molecular flexibility index (Phi) is 16.9. The van der Waals surface area contributed by atoms with Crippen molar-refractivity contribution in [3.05, 3.63) is 0 Å². The number of nitrogens with zero attached hydrogens (tertiary/aromatic N) is 2. The van der Waals surface area contributed by atoms with Crippen LogP contribution >= 0.6 is 0 Å². The largest absolute Gasteiger partial charge is 0.398 e. The van der Waals surface area contributed by atoms with Crippen molar-refractivity contribution in [3.8, 4) is 0 Å². The topological polar surface area (TPSA) is 55.4 Å². The van der Waals surface area contributed by atoms with Crippen LogP contribution < -0.4 is 5.32 Å². The Hall–Kier alpha value is 0.371. The molecule has 7 nitrogen and oxygen atoms in total. The van der Waals surface area contributed by atoms with Crippen molar-refractivity contribution < 1.29 is 17.7 Å². The lowest BCUT2D eigenvalue weighted by atomic mass is 10.2. The molecule has 1 unspecified atom stereocenters. The van der Waals surface area contributed by atoms with E-state index in [1.54, 1.807) is 0 Å². The SMILES string of the molecule is CCO[Si](C)(CCCNC[SiH2]C(CCCCCN1CCN(C)CC1)[Si](C)(OC)OC)OCC. The maximum Gasteiger partial charge on any atom is 0.334 e. The van der Waals surface area contributed by atoms with Gasteiger partial charge in [-0.3, -0.25) is 0 Å². The van der Waals surface area contributed by atoms with Crippen molar-refractivity contribution in [1.82, 2.24) is 15.1 Å². The van der Waals surface area contributed by atoms with Crippen LogP contribution in [0.4, 0.5) is 0 Å². The molecule has 0 bridgehead atoms. The van der Waals surface area contributed by atoms with E-state index in [1.807, 2.05) is 14.2 Å². The molecule has 1 aliphatic heterocycles. The predicted molar refractivity (Wildman–Crippen MR) is 147 cm³/mol. The van der Waals surface area contributed by atoms with Crippen molar-refractivity contribution in [1.29, 1.82) is 0 Å². The van der Waals surface area contributed by atoms with Crippen LogP contribution in [0.5, 0.6) is 0 Å². The second kappa shape index (κ2) is 17.7. The van der Waals surface area contributed by atoms with Gasteiger partial charge < -0.3 is 32.8 Å². The molecule has 0 aliphatic carbocycles. The molecule has 1 rings (SSSR count). The fraction of sp³-hybridized carbons (Fsp3) is 1.00. The van der Waals surface area contributed by atoms with Gasteiger partial charge in [0.15, 0.2) is 0 Å². The summed E-state index contributed by atoms with van der Waals surface area (Å²) in [6.07, 6.45) is 7.48. The summed E-state index contributed by atoms with van der Waals surface area (Å²) in [7, 11) is 1.57. The second-order valence-electron chi connectivity index (χ2n) is 9.76. The van der Waals surface area contributed by atoms with Crippen molar-refractivity contribution in [2.24, 2.45) is 0 Å². The molecular weight excluding hydrogens is 467 g/mol. The van der Waals surface area contributed by atoms with Crippen LogP contribution in [0.25, 0.3) is 0 Å². The highest BCUT2D eigenvalue weighted by Crippen LogP contribution is 2.28. The van der Waals surface area contributed by atoms with Crippen LogP contribution in [-0.2, 0) is 17.7 Å². The van der Waals surface area contributed by atoms with Gasteiger partial charge in [-0.15, -0.1) is 0 Å². The van der Waals surface area contributed by atoms with E-state index in [0.717, 1.165) is 38.4 Å². The first-order chi connectivity index (χ1) is 15.8. The molecular formula is C23H55N3O4Si3. The third kappa shape index (κ3) is 12.8. The van der Waals surface area contributed by atoms with Gasteiger partial charge in [0.1, 0.15) is 0 Å². The minimum atomic E-state index is -2.07. The smallest absolute Gasteiger partial charge is 0.334 e. The highest BCUT2D eigenvalue weighted by molar-refractivity contribution is 6.77. The summed E-state index contributed by atoms with van der Waals surface area (Å²) in [5.41, 5.74) is 0. The fourth-order valence-corrected chi connectivity index (χ4v) is 13.7. The number of likely N-dealkylation sites (N-methyl/N-ethyl adjacent to an activating group) is 1. The first kappa shape index (κ1) is 31.4. The summed E-state index contributed by atoms with van der Waals surface area (Å²) < 4.78 is 23.9. The Labute approximate surface area is 209 Å². The molecule has 0 saturated carbocycles. The van der Waals surface area contributed by atoms with Gasteiger partial charge in [-0.25, -0.2) is 0 Å². The molecule has 1 saturated heterocycles. The van der Waals surface area contributed by atoms with Crippen LogP contribution in [0.2, 0.25) is 24.3 Å². The van der Waals surface area contributed by atoms with Gasteiger partial charge in [0, 0.05) is 63.1 Å². The van der Waals surface area contributed by atoms with Crippen LogP contribution in [0, 0.1) is 0 Å². The molecule has 0 spiro atoms. The van der Waals surface area contributed by atoms with E-state index >= 15 is 0 Å². The number of rotatable bonds is 20. The zero-order chi connectivity index (χ0) is 24.6. The normalized spacial score (nSPS) is 17.9. The first-order valence-corrected chi connectivity index (χ1v) is 20.1. The lowest BCUT2D eigenvalue weighted by Gasteiger charge is -2.33.